The van der Waals surface area contributed by atoms with Crippen molar-refractivity contribution in [2.24, 2.45) is 7.05 Å². The van der Waals surface area contributed by atoms with Gasteiger partial charge in [-0.05, 0) is 54.2 Å². The zero-order valence-corrected chi connectivity index (χ0v) is 28.1. The summed E-state index contributed by atoms with van der Waals surface area (Å²) in [4.78, 5) is 61.4. The van der Waals surface area contributed by atoms with Crippen molar-refractivity contribution in [1.82, 2.24) is 25.3 Å². The van der Waals surface area contributed by atoms with Crippen molar-refractivity contribution in [1.29, 1.82) is 0 Å². The predicted molar refractivity (Wildman–Crippen MR) is 175 cm³/mol. The van der Waals surface area contributed by atoms with Gasteiger partial charge in [0, 0.05) is 43.9 Å². The molecular formula is C34H44F2N6O5. The Hall–Kier alpha value is -4.68. The van der Waals surface area contributed by atoms with Gasteiger partial charge in [0.2, 0.25) is 17.7 Å². The molecule has 0 aliphatic carbocycles. The molecule has 2 saturated heterocycles. The number of hydrogen-bond donors (Lipinski definition) is 2. The van der Waals surface area contributed by atoms with Crippen molar-refractivity contribution in [3.05, 3.63) is 58.2 Å². The van der Waals surface area contributed by atoms with Gasteiger partial charge < -0.3 is 4.90 Å². The molecule has 13 heteroatoms. The number of urea groups is 1. The Morgan fingerprint density at radius 3 is 2.15 bits per heavy atom. The predicted octanol–water partition coefficient (Wildman–Crippen LogP) is 5.31. The highest BCUT2D eigenvalue weighted by Gasteiger charge is 2.39. The van der Waals surface area contributed by atoms with Gasteiger partial charge in [0.15, 0.2) is 5.82 Å². The summed E-state index contributed by atoms with van der Waals surface area (Å²) in [6.45, 7) is 12.4. The molecule has 0 saturated carbocycles. The molecule has 2 aromatic carbocycles. The fourth-order valence-electron chi connectivity index (χ4n) is 5.64. The van der Waals surface area contributed by atoms with E-state index in [-0.39, 0.29) is 49.5 Å². The molecule has 6 amide bonds. The quantitative estimate of drug-likeness (QED) is 0.358. The van der Waals surface area contributed by atoms with Crippen LogP contribution in [-0.4, -0.2) is 56.9 Å². The normalized spacial score (nSPS) is 17.1. The number of carbonyl (C=O) groups is 5. The van der Waals surface area contributed by atoms with Crippen LogP contribution in [0.3, 0.4) is 0 Å². The number of anilines is 1. The Bertz CT molecular complexity index is 1670. The summed E-state index contributed by atoms with van der Waals surface area (Å²) in [5, 5.41) is 9.40. The van der Waals surface area contributed by atoms with Gasteiger partial charge in [-0.25, -0.2) is 13.6 Å². The molecular weight excluding hydrogens is 610 g/mol. The van der Waals surface area contributed by atoms with E-state index in [9.17, 15) is 32.8 Å². The maximum absolute atomic E-state index is 14.2. The third kappa shape index (κ3) is 7.83. The van der Waals surface area contributed by atoms with Gasteiger partial charge in [-0.15, -0.1) is 0 Å². The van der Waals surface area contributed by atoms with Gasteiger partial charge in [-0.1, -0.05) is 54.0 Å². The largest absolute Gasteiger partial charge is 0.329 e. The lowest BCUT2D eigenvalue weighted by molar-refractivity contribution is -0.137. The summed E-state index contributed by atoms with van der Waals surface area (Å²) in [6.07, 6.45) is 2.79. The van der Waals surface area contributed by atoms with Gasteiger partial charge in [0.05, 0.1) is 5.52 Å². The highest BCUT2D eigenvalue weighted by atomic mass is 19.1. The van der Waals surface area contributed by atoms with Crippen LogP contribution in [0.1, 0.15) is 94.3 Å². The summed E-state index contributed by atoms with van der Waals surface area (Å²) in [6, 6.07) is 4.96. The van der Waals surface area contributed by atoms with Gasteiger partial charge in [-0.2, -0.15) is 5.10 Å². The van der Waals surface area contributed by atoms with E-state index < -0.39 is 23.8 Å². The monoisotopic (exact) mass is 654 g/mol. The lowest BCUT2D eigenvalue weighted by Crippen LogP contribution is -2.52. The van der Waals surface area contributed by atoms with E-state index in [4.69, 9.17) is 0 Å². The number of carbonyl (C=O) groups excluding carboxylic acids is 5. The van der Waals surface area contributed by atoms with E-state index in [0.717, 1.165) is 17.5 Å². The van der Waals surface area contributed by atoms with E-state index in [1.807, 2.05) is 41.5 Å². The van der Waals surface area contributed by atoms with E-state index in [2.05, 4.69) is 15.7 Å². The number of hydrogen-bond acceptors (Lipinski definition) is 6. The Morgan fingerprint density at radius 2 is 1.53 bits per heavy atom. The van der Waals surface area contributed by atoms with Crippen molar-refractivity contribution in [3.63, 3.8) is 0 Å². The van der Waals surface area contributed by atoms with Crippen molar-refractivity contribution >= 4 is 46.4 Å². The first-order valence-corrected chi connectivity index (χ1v) is 16.2. The van der Waals surface area contributed by atoms with E-state index in [1.54, 1.807) is 23.9 Å². The van der Waals surface area contributed by atoms with Gasteiger partial charge >= 0.3 is 6.03 Å². The molecule has 4 heterocycles. The van der Waals surface area contributed by atoms with Crippen LogP contribution < -0.4 is 15.5 Å². The van der Waals surface area contributed by atoms with Crippen LogP contribution in [-0.2, 0) is 40.8 Å². The van der Waals surface area contributed by atoms with Crippen LogP contribution in [0.15, 0.2) is 24.3 Å². The van der Waals surface area contributed by atoms with Crippen LogP contribution in [0.25, 0.3) is 10.9 Å². The number of rotatable bonds is 5. The fourth-order valence-corrected chi connectivity index (χ4v) is 5.64. The molecule has 1 unspecified atom stereocenters. The molecule has 254 valence electrons. The highest BCUT2D eigenvalue weighted by Crippen LogP contribution is 2.31. The number of halogens is 2. The lowest BCUT2D eigenvalue weighted by atomic mass is 10.0. The maximum atomic E-state index is 14.2. The number of fused-ring (bicyclic) bond motifs is 2. The molecule has 1 atom stereocenters. The average Bonchev–Trinajstić information content (AvgIpc) is 3.54. The number of imide groups is 2. The first-order valence-electron chi connectivity index (χ1n) is 16.2. The van der Waals surface area contributed by atoms with Crippen molar-refractivity contribution < 1.29 is 32.8 Å². The minimum absolute atomic E-state index is 0.209. The second kappa shape index (κ2) is 16.2. The number of nitrogens with zero attached hydrogens (tertiary/aromatic N) is 4. The molecule has 0 bridgehead atoms. The Balaban J connectivity index is 0.000000231. The summed E-state index contributed by atoms with van der Waals surface area (Å²) in [5.41, 5.74) is 3.02. The third-order valence-electron chi connectivity index (χ3n) is 7.90. The highest BCUT2D eigenvalue weighted by molar-refractivity contribution is 6.09. The average molecular weight is 655 g/mol. The van der Waals surface area contributed by atoms with Crippen LogP contribution in [0.4, 0.5) is 19.4 Å². The number of aryl methyl sites for hydroxylation is 3. The molecule has 0 radical (unpaired) electrons. The zero-order chi connectivity index (χ0) is 35.0. The number of nitrogens with one attached hydrogen (secondary N) is 2. The molecule has 3 aromatic rings. The summed E-state index contributed by atoms with van der Waals surface area (Å²) in [7, 11) is 1.76. The first-order chi connectivity index (χ1) is 22.5. The summed E-state index contributed by atoms with van der Waals surface area (Å²) >= 11 is 0. The van der Waals surface area contributed by atoms with E-state index in [1.165, 1.54) is 21.9 Å². The van der Waals surface area contributed by atoms with E-state index in [0.29, 0.717) is 47.2 Å². The Kier molecular flexibility index (Phi) is 12.7. The first kappa shape index (κ1) is 36.8. The number of amides is 6. The molecule has 0 spiro atoms. The fraction of sp³-hybridized carbons (Fsp3) is 0.471. The molecule has 2 N–H and O–H groups in total. The topological polar surface area (TPSA) is 134 Å². The maximum Gasteiger partial charge on any atom is 0.329 e. The minimum atomic E-state index is -0.657. The summed E-state index contributed by atoms with van der Waals surface area (Å²) < 4.78 is 29.7. The smallest absolute Gasteiger partial charge is 0.322 e. The molecule has 3 aliphatic rings. The molecule has 6 rings (SSSR count). The molecule has 11 nitrogen and oxygen atoms in total. The minimum Gasteiger partial charge on any atom is -0.322 e. The Labute approximate surface area is 273 Å². The zero-order valence-electron chi connectivity index (χ0n) is 28.1. The number of aromatic nitrogens is 2. The molecule has 1 aromatic heterocycles. The van der Waals surface area contributed by atoms with Gasteiger partial charge in [0.25, 0.3) is 5.91 Å². The van der Waals surface area contributed by atoms with Crippen molar-refractivity contribution in [2.75, 3.05) is 11.4 Å². The molecule has 3 aliphatic heterocycles. The Morgan fingerprint density at radius 1 is 0.872 bits per heavy atom. The van der Waals surface area contributed by atoms with Crippen molar-refractivity contribution in [3.8, 4) is 0 Å². The van der Waals surface area contributed by atoms with Crippen LogP contribution >= 0.6 is 0 Å². The van der Waals surface area contributed by atoms with Crippen molar-refractivity contribution in [2.45, 2.75) is 92.7 Å². The lowest BCUT2D eigenvalue weighted by Gasteiger charge is -2.29. The molecule has 2 fully saturated rings. The van der Waals surface area contributed by atoms with Crippen LogP contribution in [0, 0.1) is 11.6 Å². The number of piperidine rings is 1. The second-order valence-electron chi connectivity index (χ2n) is 10.8. The van der Waals surface area contributed by atoms with E-state index >= 15 is 0 Å². The standard InChI is InChI=1S/C15H17FN4O2.C15H15FN2O3.2C2H6/c1-3-4-9-7-12-10(8-11(9)16)14(18-19(12)2)20-6-5-13(21)17-15(20)22;1-2-8-5-9-7-18(15(21)10(9)6-11(8)16)12-3-4-13(19)17-14(12)20;2*1-2/h7-8H,3-6H2,1-2H3,(H,17,21,22);5-6,12H,2-4,7H2,1H3,(H,17,19,20);2*1-2H3. The number of benzene rings is 2. The van der Waals surface area contributed by atoms with Crippen LogP contribution in [0.2, 0.25) is 0 Å². The molecule has 47 heavy (non-hydrogen) atoms. The summed E-state index contributed by atoms with van der Waals surface area (Å²) in [5.74, 6) is -1.74. The van der Waals surface area contributed by atoms with Crippen LogP contribution in [0.5, 0.6) is 0 Å². The third-order valence-corrected chi connectivity index (χ3v) is 7.90. The SMILES string of the molecule is CC.CC.CCCc1cc2c(cc1F)c(N1CCC(=O)NC1=O)nn2C.CCc1cc2c(cc1F)C(=O)N(C1CCC(=O)NC1=O)C2. The second-order valence-corrected chi connectivity index (χ2v) is 10.8. The van der Waals surface area contributed by atoms with Gasteiger partial charge in [0.1, 0.15) is 17.7 Å². The van der Waals surface area contributed by atoms with Gasteiger partial charge in [-0.3, -0.25) is 39.4 Å².